The first-order valence-corrected chi connectivity index (χ1v) is 6.90. The Kier molecular flexibility index (Phi) is 14.3. The third-order valence-corrected chi connectivity index (χ3v) is 1.75. The predicted molar refractivity (Wildman–Crippen MR) is 57.8 cm³/mol. The number of hydrogen-bond donors (Lipinski definition) is 2. The van der Waals surface area contributed by atoms with E-state index in [4.69, 9.17) is 36.5 Å². The summed E-state index contributed by atoms with van der Waals surface area (Å²) in [6.07, 6.45) is 0. The van der Waals surface area contributed by atoms with Crippen molar-refractivity contribution in [3.05, 3.63) is 0 Å². The Morgan fingerprint density at radius 3 is 0.773 bits per heavy atom. The molecule has 0 radical (unpaired) electrons. The van der Waals surface area contributed by atoms with Crippen LogP contribution in [0.2, 0.25) is 0 Å². The molecule has 0 aromatic heterocycles. The molecule has 16 heteroatoms. The van der Waals surface area contributed by atoms with Crippen molar-refractivity contribution in [2.24, 2.45) is 0 Å². The molecule has 8 nitrogen and oxygen atoms in total. The number of alkyl halides is 6. The number of nitriles is 2. The lowest BCUT2D eigenvalue weighted by Gasteiger charge is -1.97. The number of rotatable bonds is 0. The maximum absolute atomic E-state index is 10.7. The number of nitrogens with zero attached hydrogens (tertiary/aromatic N) is 2. The average molecular weight is 382 g/mol. The summed E-state index contributed by atoms with van der Waals surface area (Å²) in [4.78, 5) is 0. The van der Waals surface area contributed by atoms with Crippen molar-refractivity contribution in [3.63, 3.8) is 0 Å². The summed E-state index contributed by atoms with van der Waals surface area (Å²) in [6.45, 7) is 2.86. The van der Waals surface area contributed by atoms with E-state index in [-0.39, 0.29) is 0 Å². The molecule has 0 rings (SSSR count). The van der Waals surface area contributed by atoms with E-state index in [0.29, 0.717) is 0 Å². The molecule has 0 bridgehead atoms. The zero-order chi connectivity index (χ0) is 19.4. The van der Waals surface area contributed by atoms with Gasteiger partial charge < -0.3 is 0 Å². The second-order valence-corrected chi connectivity index (χ2v) is 5.11. The van der Waals surface area contributed by atoms with Gasteiger partial charge in [0.15, 0.2) is 0 Å². The highest BCUT2D eigenvalue weighted by atomic mass is 32.2. The molecule has 22 heavy (non-hydrogen) atoms. The van der Waals surface area contributed by atoms with Gasteiger partial charge in [-0.15, -0.1) is 0 Å². The van der Waals surface area contributed by atoms with Crippen LogP contribution in [0.1, 0.15) is 13.8 Å². The Labute approximate surface area is 121 Å². The van der Waals surface area contributed by atoms with Crippen molar-refractivity contribution in [2.45, 2.75) is 24.9 Å². The fraction of sp³-hybridized carbons (Fsp3) is 0.667. The van der Waals surface area contributed by atoms with E-state index in [0.717, 1.165) is 0 Å². The van der Waals surface area contributed by atoms with Crippen LogP contribution in [-0.2, 0) is 20.2 Å². The molecule has 0 aliphatic rings. The van der Waals surface area contributed by atoms with Gasteiger partial charge >= 0.3 is 31.3 Å². The van der Waals surface area contributed by atoms with Crippen molar-refractivity contribution < 1.29 is 52.3 Å². The summed E-state index contributed by atoms with van der Waals surface area (Å²) < 4.78 is 115. The van der Waals surface area contributed by atoms with Gasteiger partial charge in [-0.25, -0.2) is 0 Å². The standard InChI is InChI=1S/2C2H3N.2CHF3O3S/c2*1-2-3;2*2-1(3,4)8(5,6)7/h2*1H3;2*(H,5,6,7). The van der Waals surface area contributed by atoms with Crippen molar-refractivity contribution >= 4 is 20.2 Å². The Morgan fingerprint density at radius 1 is 0.727 bits per heavy atom. The SMILES string of the molecule is CC#N.CC#N.O=S(=O)(O)C(F)(F)F.O=S(=O)(O)C(F)(F)F. The minimum Gasteiger partial charge on any atom is -0.279 e. The lowest BCUT2D eigenvalue weighted by atomic mass is 11.0. The maximum atomic E-state index is 10.7. The molecule has 0 aromatic rings. The Balaban J connectivity index is -0.000000109. The molecular formula is C6H8F6N2O6S2. The Bertz CT molecular complexity index is 525. The first-order chi connectivity index (χ1) is 9.33. The minimum atomic E-state index is -5.84. The van der Waals surface area contributed by atoms with Gasteiger partial charge in [-0.2, -0.15) is 53.7 Å². The normalized spacial score (nSPS) is 10.9. The first-order valence-electron chi connectivity index (χ1n) is 4.02. The molecule has 0 amide bonds. The van der Waals surface area contributed by atoms with E-state index in [1.807, 2.05) is 0 Å². The zero-order valence-electron chi connectivity index (χ0n) is 10.5. The van der Waals surface area contributed by atoms with Gasteiger partial charge in [0.1, 0.15) is 0 Å². The van der Waals surface area contributed by atoms with Crippen LogP contribution < -0.4 is 0 Å². The summed E-state index contributed by atoms with van der Waals surface area (Å²) in [5.41, 5.74) is -11.1. The van der Waals surface area contributed by atoms with Gasteiger partial charge in [0, 0.05) is 13.8 Å². The summed E-state index contributed by atoms with van der Waals surface area (Å²) in [5, 5.41) is 14.6. The van der Waals surface area contributed by atoms with Crippen molar-refractivity contribution in [2.75, 3.05) is 0 Å². The van der Waals surface area contributed by atoms with Crippen molar-refractivity contribution in [1.29, 1.82) is 10.5 Å². The molecule has 2 N–H and O–H groups in total. The molecule has 0 atom stereocenters. The topological polar surface area (TPSA) is 156 Å². The second kappa shape index (κ2) is 11.0. The van der Waals surface area contributed by atoms with Crippen molar-refractivity contribution in [3.8, 4) is 12.1 Å². The van der Waals surface area contributed by atoms with Crippen LogP contribution in [0.3, 0.4) is 0 Å². The van der Waals surface area contributed by atoms with Gasteiger partial charge in [0.05, 0.1) is 12.1 Å². The Morgan fingerprint density at radius 2 is 0.773 bits per heavy atom. The summed E-state index contributed by atoms with van der Waals surface area (Å²) in [7, 11) is -11.7. The van der Waals surface area contributed by atoms with Crippen LogP contribution in [0.4, 0.5) is 26.3 Å². The molecule has 0 spiro atoms. The van der Waals surface area contributed by atoms with E-state index in [2.05, 4.69) is 0 Å². The largest absolute Gasteiger partial charge is 0.522 e. The lowest BCUT2D eigenvalue weighted by molar-refractivity contribution is -0.0514. The molecular weight excluding hydrogens is 374 g/mol. The van der Waals surface area contributed by atoms with E-state index in [1.54, 1.807) is 12.1 Å². The van der Waals surface area contributed by atoms with E-state index < -0.39 is 31.3 Å². The van der Waals surface area contributed by atoms with E-state index in [1.165, 1.54) is 13.8 Å². The third kappa shape index (κ3) is 20.7. The van der Waals surface area contributed by atoms with Crippen LogP contribution in [0, 0.1) is 22.7 Å². The lowest BCUT2D eigenvalue weighted by Crippen LogP contribution is -2.21. The monoisotopic (exact) mass is 382 g/mol. The molecule has 0 aliphatic carbocycles. The molecule has 0 aromatic carbocycles. The van der Waals surface area contributed by atoms with Gasteiger partial charge in [-0.05, 0) is 0 Å². The zero-order valence-corrected chi connectivity index (χ0v) is 12.1. The average Bonchev–Trinajstić information content (AvgIpc) is 2.13. The molecule has 0 heterocycles. The van der Waals surface area contributed by atoms with Crippen LogP contribution in [0.15, 0.2) is 0 Å². The minimum absolute atomic E-state index is 1.43. The summed E-state index contributed by atoms with van der Waals surface area (Å²) in [5.74, 6) is 0. The first kappa shape index (κ1) is 28.5. The van der Waals surface area contributed by atoms with E-state index in [9.17, 15) is 26.3 Å². The quantitative estimate of drug-likeness (QED) is 0.365. The highest BCUT2D eigenvalue weighted by molar-refractivity contribution is 7.86. The molecule has 0 saturated carbocycles. The molecule has 0 fully saturated rings. The van der Waals surface area contributed by atoms with Crippen LogP contribution >= 0.6 is 0 Å². The summed E-state index contributed by atoms with van der Waals surface area (Å²) >= 11 is 0. The van der Waals surface area contributed by atoms with Crippen LogP contribution in [0.5, 0.6) is 0 Å². The van der Waals surface area contributed by atoms with E-state index >= 15 is 0 Å². The molecule has 0 unspecified atom stereocenters. The van der Waals surface area contributed by atoms with Crippen LogP contribution in [-0.4, -0.2) is 37.0 Å². The van der Waals surface area contributed by atoms with Gasteiger partial charge in [-0.3, -0.25) is 9.11 Å². The van der Waals surface area contributed by atoms with Gasteiger partial charge in [0.2, 0.25) is 0 Å². The number of halogens is 6. The second-order valence-electron chi connectivity index (χ2n) is 2.29. The highest BCUT2D eigenvalue weighted by Crippen LogP contribution is 2.21. The Hall–Kier alpha value is -1.62. The van der Waals surface area contributed by atoms with Crippen LogP contribution in [0.25, 0.3) is 0 Å². The third-order valence-electron chi connectivity index (χ3n) is 0.585. The van der Waals surface area contributed by atoms with Gasteiger partial charge in [0.25, 0.3) is 0 Å². The fourth-order valence-electron chi connectivity index (χ4n) is 0. The molecule has 132 valence electrons. The predicted octanol–water partition coefficient (Wildman–Crippen LogP) is 1.85. The number of hydrogen-bond acceptors (Lipinski definition) is 6. The highest BCUT2D eigenvalue weighted by Gasteiger charge is 2.45. The maximum Gasteiger partial charge on any atom is 0.522 e. The van der Waals surface area contributed by atoms with Crippen molar-refractivity contribution in [1.82, 2.24) is 0 Å². The molecule has 0 aliphatic heterocycles. The fourth-order valence-corrected chi connectivity index (χ4v) is 0. The van der Waals surface area contributed by atoms with Gasteiger partial charge in [-0.1, -0.05) is 0 Å². The summed E-state index contributed by atoms with van der Waals surface area (Å²) in [6, 6.07) is 3.50. The molecule has 0 saturated heterocycles. The smallest absolute Gasteiger partial charge is 0.279 e.